The highest BCUT2D eigenvalue weighted by Gasteiger charge is 2.21. The van der Waals surface area contributed by atoms with Gasteiger partial charge < -0.3 is 15.2 Å². The summed E-state index contributed by atoms with van der Waals surface area (Å²) in [7, 11) is 0. The highest BCUT2D eigenvalue weighted by atomic mass is 16.5. The summed E-state index contributed by atoms with van der Waals surface area (Å²) in [6, 6.07) is 13.2. The number of rotatable bonds is 7. The Morgan fingerprint density at radius 3 is 2.33 bits per heavy atom. The van der Waals surface area contributed by atoms with Gasteiger partial charge in [-0.05, 0) is 49.7 Å². The van der Waals surface area contributed by atoms with E-state index < -0.39 is 0 Å². The van der Waals surface area contributed by atoms with Crippen LogP contribution in [0.5, 0.6) is 11.5 Å². The molecule has 0 saturated heterocycles. The van der Waals surface area contributed by atoms with Gasteiger partial charge in [-0.1, -0.05) is 13.0 Å². The van der Waals surface area contributed by atoms with Gasteiger partial charge in [-0.25, -0.2) is 0 Å². The number of aromatic nitrogens is 1. The third-order valence-electron chi connectivity index (χ3n) is 3.24. The average molecular weight is 286 g/mol. The van der Waals surface area contributed by atoms with Crippen LogP contribution in [-0.4, -0.2) is 17.6 Å². The van der Waals surface area contributed by atoms with Gasteiger partial charge in [0.1, 0.15) is 11.5 Å². The van der Waals surface area contributed by atoms with Crippen LogP contribution in [0.1, 0.15) is 32.1 Å². The molecule has 1 aromatic heterocycles. The number of nitrogens with two attached hydrogens (primary N) is 1. The Morgan fingerprint density at radius 1 is 1.05 bits per heavy atom. The molecule has 0 radical (unpaired) electrons. The van der Waals surface area contributed by atoms with Gasteiger partial charge in [-0.2, -0.15) is 0 Å². The van der Waals surface area contributed by atoms with E-state index in [9.17, 15) is 0 Å². The summed E-state index contributed by atoms with van der Waals surface area (Å²) >= 11 is 0. The molecule has 0 bridgehead atoms. The Kier molecular flexibility index (Phi) is 5.58. The van der Waals surface area contributed by atoms with E-state index in [-0.39, 0.29) is 12.1 Å². The molecule has 0 aliphatic heterocycles. The second-order valence-corrected chi connectivity index (χ2v) is 4.77. The van der Waals surface area contributed by atoms with E-state index in [0.29, 0.717) is 6.61 Å². The summed E-state index contributed by atoms with van der Waals surface area (Å²) < 4.78 is 11.5. The summed E-state index contributed by atoms with van der Waals surface area (Å²) in [6.07, 6.45) is 2.32. The van der Waals surface area contributed by atoms with Crippen molar-refractivity contribution in [2.75, 3.05) is 6.61 Å². The number of hydrogen-bond donors (Lipinski definition) is 1. The maximum absolute atomic E-state index is 6.18. The molecule has 112 valence electrons. The third kappa shape index (κ3) is 4.20. The minimum absolute atomic E-state index is 0.105. The van der Waals surface area contributed by atoms with Crippen LogP contribution in [-0.2, 0) is 0 Å². The van der Waals surface area contributed by atoms with Crippen molar-refractivity contribution >= 4 is 0 Å². The van der Waals surface area contributed by atoms with Gasteiger partial charge >= 0.3 is 0 Å². The first-order valence-electron chi connectivity index (χ1n) is 7.30. The van der Waals surface area contributed by atoms with Gasteiger partial charge in [0.25, 0.3) is 0 Å². The molecule has 1 aromatic carbocycles. The summed E-state index contributed by atoms with van der Waals surface area (Å²) in [5.74, 6) is 1.59. The molecule has 1 heterocycles. The molecular formula is C17H22N2O2. The van der Waals surface area contributed by atoms with E-state index in [4.69, 9.17) is 15.2 Å². The molecule has 2 rings (SSSR count). The fourth-order valence-electron chi connectivity index (χ4n) is 2.05. The summed E-state index contributed by atoms with van der Waals surface area (Å²) in [4.78, 5) is 4.36. The number of nitrogens with zero attached hydrogens (tertiary/aromatic N) is 1. The standard InChI is InChI=1S/C17H22N2O2/c1-3-15(18)17(16-7-5-6-12-19-16)21-14-10-8-13(9-11-14)20-4-2/h5-12,15,17H,3-4,18H2,1-2H3. The first-order valence-corrected chi connectivity index (χ1v) is 7.30. The van der Waals surface area contributed by atoms with Crippen molar-refractivity contribution in [2.24, 2.45) is 5.73 Å². The van der Waals surface area contributed by atoms with E-state index in [0.717, 1.165) is 23.6 Å². The highest BCUT2D eigenvalue weighted by Crippen LogP contribution is 2.25. The fourth-order valence-corrected chi connectivity index (χ4v) is 2.05. The van der Waals surface area contributed by atoms with Crippen molar-refractivity contribution in [3.63, 3.8) is 0 Å². The van der Waals surface area contributed by atoms with Crippen molar-refractivity contribution in [1.29, 1.82) is 0 Å². The molecule has 2 N–H and O–H groups in total. The Bertz CT molecular complexity index is 528. The molecule has 0 spiro atoms. The Morgan fingerprint density at radius 2 is 1.76 bits per heavy atom. The van der Waals surface area contributed by atoms with E-state index in [2.05, 4.69) is 4.98 Å². The van der Waals surface area contributed by atoms with Crippen molar-refractivity contribution in [2.45, 2.75) is 32.4 Å². The largest absolute Gasteiger partial charge is 0.494 e. The Balaban J connectivity index is 2.15. The predicted molar refractivity (Wildman–Crippen MR) is 83.5 cm³/mol. The summed E-state index contributed by atoms with van der Waals surface area (Å²) in [6.45, 7) is 4.65. The van der Waals surface area contributed by atoms with Crippen LogP contribution in [0.25, 0.3) is 0 Å². The molecule has 4 heteroatoms. The van der Waals surface area contributed by atoms with Crippen LogP contribution >= 0.6 is 0 Å². The summed E-state index contributed by atoms with van der Waals surface area (Å²) in [5.41, 5.74) is 7.03. The van der Waals surface area contributed by atoms with E-state index in [1.807, 2.05) is 56.3 Å². The number of ether oxygens (including phenoxy) is 2. The topological polar surface area (TPSA) is 57.4 Å². The first kappa shape index (κ1) is 15.3. The van der Waals surface area contributed by atoms with Crippen LogP contribution < -0.4 is 15.2 Å². The normalized spacial score (nSPS) is 13.5. The monoisotopic (exact) mass is 286 g/mol. The van der Waals surface area contributed by atoms with Crippen molar-refractivity contribution < 1.29 is 9.47 Å². The zero-order valence-electron chi connectivity index (χ0n) is 12.5. The molecule has 2 atom stereocenters. The van der Waals surface area contributed by atoms with Gasteiger partial charge in [0.05, 0.1) is 12.3 Å². The number of benzene rings is 1. The minimum Gasteiger partial charge on any atom is -0.494 e. The molecule has 0 saturated carbocycles. The average Bonchev–Trinajstić information content (AvgIpc) is 2.54. The molecule has 0 amide bonds. The lowest BCUT2D eigenvalue weighted by Crippen LogP contribution is -2.32. The third-order valence-corrected chi connectivity index (χ3v) is 3.24. The van der Waals surface area contributed by atoms with E-state index >= 15 is 0 Å². The van der Waals surface area contributed by atoms with E-state index in [1.165, 1.54) is 0 Å². The molecular weight excluding hydrogens is 264 g/mol. The lowest BCUT2D eigenvalue weighted by Gasteiger charge is -2.24. The quantitative estimate of drug-likeness (QED) is 0.848. The zero-order valence-corrected chi connectivity index (χ0v) is 12.5. The smallest absolute Gasteiger partial charge is 0.155 e. The molecule has 0 aliphatic carbocycles. The maximum atomic E-state index is 6.18. The Hall–Kier alpha value is -2.07. The molecule has 21 heavy (non-hydrogen) atoms. The van der Waals surface area contributed by atoms with Crippen molar-refractivity contribution in [1.82, 2.24) is 4.98 Å². The van der Waals surface area contributed by atoms with E-state index in [1.54, 1.807) is 6.20 Å². The molecule has 2 unspecified atom stereocenters. The molecule has 2 aromatic rings. The van der Waals surface area contributed by atoms with Gasteiger partial charge in [-0.3, -0.25) is 4.98 Å². The van der Waals surface area contributed by atoms with Crippen molar-refractivity contribution in [3.05, 3.63) is 54.4 Å². The van der Waals surface area contributed by atoms with Crippen LogP contribution in [0.4, 0.5) is 0 Å². The number of hydrogen-bond acceptors (Lipinski definition) is 4. The fraction of sp³-hybridized carbons (Fsp3) is 0.353. The van der Waals surface area contributed by atoms with Crippen LogP contribution in [0.3, 0.4) is 0 Å². The lowest BCUT2D eigenvalue weighted by molar-refractivity contribution is 0.166. The van der Waals surface area contributed by atoms with Crippen LogP contribution in [0.15, 0.2) is 48.7 Å². The number of pyridine rings is 1. The minimum atomic E-state index is -0.255. The first-order chi connectivity index (χ1) is 10.2. The van der Waals surface area contributed by atoms with Gasteiger partial charge in [0, 0.05) is 12.2 Å². The SMILES string of the molecule is CCOc1ccc(OC(c2ccccn2)C(N)CC)cc1. The van der Waals surface area contributed by atoms with Gasteiger partial charge in [-0.15, -0.1) is 0 Å². The molecule has 0 aliphatic rings. The van der Waals surface area contributed by atoms with Gasteiger partial charge in [0.15, 0.2) is 6.10 Å². The maximum Gasteiger partial charge on any atom is 0.155 e. The summed E-state index contributed by atoms with van der Waals surface area (Å²) in [5, 5.41) is 0. The van der Waals surface area contributed by atoms with Crippen LogP contribution in [0.2, 0.25) is 0 Å². The second kappa shape index (κ2) is 7.64. The zero-order chi connectivity index (χ0) is 15.1. The van der Waals surface area contributed by atoms with Crippen LogP contribution in [0, 0.1) is 0 Å². The second-order valence-electron chi connectivity index (χ2n) is 4.77. The lowest BCUT2D eigenvalue weighted by atomic mass is 10.1. The van der Waals surface area contributed by atoms with Crippen molar-refractivity contribution in [3.8, 4) is 11.5 Å². The molecule has 0 fully saturated rings. The molecule has 4 nitrogen and oxygen atoms in total. The Labute approximate surface area is 125 Å². The predicted octanol–water partition coefficient (Wildman–Crippen LogP) is 3.34. The highest BCUT2D eigenvalue weighted by molar-refractivity contribution is 5.32. The van der Waals surface area contributed by atoms with Gasteiger partial charge in [0.2, 0.25) is 0 Å².